The van der Waals surface area contributed by atoms with Crippen molar-refractivity contribution in [2.75, 3.05) is 7.05 Å². The Balaban J connectivity index is 2.01. The largest absolute Gasteiger partial charge is 0.489 e. The molecule has 0 saturated heterocycles. The average molecular weight is 285 g/mol. The van der Waals surface area contributed by atoms with Gasteiger partial charge in [0.05, 0.1) is 5.56 Å². The van der Waals surface area contributed by atoms with Crippen molar-refractivity contribution in [1.82, 2.24) is 5.32 Å². The number of carboxylic acid groups (broad SMARTS) is 1. The Morgan fingerprint density at radius 2 is 1.81 bits per heavy atom. The quantitative estimate of drug-likeness (QED) is 0.884. The van der Waals surface area contributed by atoms with Crippen LogP contribution in [0.15, 0.2) is 48.5 Å². The number of carbonyl (C=O) groups is 2. The Morgan fingerprint density at radius 3 is 2.43 bits per heavy atom. The minimum Gasteiger partial charge on any atom is -0.489 e. The first-order valence-corrected chi connectivity index (χ1v) is 6.37. The second-order valence-electron chi connectivity index (χ2n) is 4.40. The summed E-state index contributed by atoms with van der Waals surface area (Å²) in [7, 11) is 1.57. The maximum atomic E-state index is 11.4. The summed E-state index contributed by atoms with van der Waals surface area (Å²) >= 11 is 0. The van der Waals surface area contributed by atoms with Gasteiger partial charge in [-0.25, -0.2) is 4.79 Å². The van der Waals surface area contributed by atoms with Crippen LogP contribution in [0.4, 0.5) is 0 Å². The predicted molar refractivity (Wildman–Crippen MR) is 77.6 cm³/mol. The van der Waals surface area contributed by atoms with Crippen molar-refractivity contribution in [2.24, 2.45) is 0 Å². The monoisotopic (exact) mass is 285 g/mol. The van der Waals surface area contributed by atoms with Crippen molar-refractivity contribution < 1.29 is 19.4 Å². The van der Waals surface area contributed by atoms with Gasteiger partial charge in [-0.15, -0.1) is 0 Å². The lowest BCUT2D eigenvalue weighted by molar-refractivity contribution is 0.0696. The molecule has 2 rings (SSSR count). The van der Waals surface area contributed by atoms with E-state index in [9.17, 15) is 9.59 Å². The van der Waals surface area contributed by atoms with Crippen LogP contribution in [0, 0.1) is 0 Å². The first kappa shape index (κ1) is 14.6. The summed E-state index contributed by atoms with van der Waals surface area (Å²) in [6.07, 6.45) is 0. The van der Waals surface area contributed by atoms with Gasteiger partial charge in [0.25, 0.3) is 5.91 Å². The number of carbonyl (C=O) groups excluding carboxylic acids is 1. The van der Waals surface area contributed by atoms with Gasteiger partial charge in [0.15, 0.2) is 0 Å². The van der Waals surface area contributed by atoms with E-state index in [2.05, 4.69) is 5.32 Å². The molecule has 5 nitrogen and oxygen atoms in total. The molecule has 0 aliphatic heterocycles. The third-order valence-corrected chi connectivity index (χ3v) is 2.92. The second kappa shape index (κ2) is 6.56. The number of nitrogens with one attached hydrogen (secondary N) is 1. The Morgan fingerprint density at radius 1 is 1.10 bits per heavy atom. The van der Waals surface area contributed by atoms with Gasteiger partial charge in [0, 0.05) is 12.6 Å². The minimum absolute atomic E-state index is 0.157. The second-order valence-corrected chi connectivity index (χ2v) is 4.40. The summed E-state index contributed by atoms with van der Waals surface area (Å²) in [5, 5.41) is 11.5. The molecule has 0 aromatic heterocycles. The number of aromatic carboxylic acids is 1. The van der Waals surface area contributed by atoms with E-state index in [1.807, 2.05) is 0 Å². The summed E-state index contributed by atoms with van der Waals surface area (Å²) in [5.74, 6) is -0.508. The fourth-order valence-electron chi connectivity index (χ4n) is 1.81. The zero-order valence-corrected chi connectivity index (χ0v) is 11.5. The third-order valence-electron chi connectivity index (χ3n) is 2.92. The minimum atomic E-state index is -0.966. The molecule has 0 bridgehead atoms. The molecule has 2 aromatic carbocycles. The molecular formula is C16H15NO4. The number of benzene rings is 2. The predicted octanol–water partition coefficient (Wildman–Crippen LogP) is 2.32. The Bertz CT molecular complexity index is 650. The number of amides is 1. The molecule has 1 amide bonds. The summed E-state index contributed by atoms with van der Waals surface area (Å²) in [6, 6.07) is 13.3. The van der Waals surface area contributed by atoms with E-state index in [4.69, 9.17) is 9.84 Å². The van der Waals surface area contributed by atoms with E-state index in [0.29, 0.717) is 11.3 Å². The first-order chi connectivity index (χ1) is 10.1. The highest BCUT2D eigenvalue weighted by Gasteiger charge is 2.05. The summed E-state index contributed by atoms with van der Waals surface area (Å²) in [4.78, 5) is 22.3. The standard InChI is InChI=1S/C16H15NO4/c1-17-15(18)12-5-7-14(8-6-12)21-10-11-3-2-4-13(9-11)16(19)20/h2-9H,10H2,1H3,(H,17,18)(H,19,20). The van der Waals surface area contributed by atoms with Gasteiger partial charge in [-0.05, 0) is 42.0 Å². The van der Waals surface area contributed by atoms with Crippen LogP contribution in [0.25, 0.3) is 0 Å². The molecule has 0 spiro atoms. The molecule has 2 aromatic rings. The zero-order valence-electron chi connectivity index (χ0n) is 11.5. The lowest BCUT2D eigenvalue weighted by Crippen LogP contribution is -2.17. The molecule has 5 heteroatoms. The molecule has 2 N–H and O–H groups in total. The molecule has 0 saturated carbocycles. The SMILES string of the molecule is CNC(=O)c1ccc(OCc2cccc(C(=O)O)c2)cc1. The van der Waals surface area contributed by atoms with Gasteiger partial charge in [0.2, 0.25) is 0 Å². The van der Waals surface area contributed by atoms with Crippen LogP contribution in [0.1, 0.15) is 26.3 Å². The van der Waals surface area contributed by atoms with Gasteiger partial charge in [-0.1, -0.05) is 12.1 Å². The smallest absolute Gasteiger partial charge is 0.335 e. The number of carboxylic acids is 1. The van der Waals surface area contributed by atoms with Crippen molar-refractivity contribution in [2.45, 2.75) is 6.61 Å². The van der Waals surface area contributed by atoms with E-state index < -0.39 is 5.97 Å². The fraction of sp³-hybridized carbons (Fsp3) is 0.125. The summed E-state index contributed by atoms with van der Waals surface area (Å²) in [5.41, 5.74) is 1.55. The fourth-order valence-corrected chi connectivity index (χ4v) is 1.81. The molecule has 0 fully saturated rings. The maximum Gasteiger partial charge on any atom is 0.335 e. The lowest BCUT2D eigenvalue weighted by atomic mass is 10.1. The van der Waals surface area contributed by atoms with E-state index >= 15 is 0 Å². The van der Waals surface area contributed by atoms with Crippen LogP contribution in [-0.4, -0.2) is 24.0 Å². The van der Waals surface area contributed by atoms with Gasteiger partial charge in [-0.2, -0.15) is 0 Å². The number of ether oxygens (including phenoxy) is 1. The average Bonchev–Trinajstić information content (AvgIpc) is 2.53. The highest BCUT2D eigenvalue weighted by atomic mass is 16.5. The molecule has 0 unspecified atom stereocenters. The maximum absolute atomic E-state index is 11.4. The van der Waals surface area contributed by atoms with Gasteiger partial charge < -0.3 is 15.2 Å². The molecule has 21 heavy (non-hydrogen) atoms. The zero-order chi connectivity index (χ0) is 15.2. The normalized spacial score (nSPS) is 9.95. The number of hydrogen-bond acceptors (Lipinski definition) is 3. The van der Waals surface area contributed by atoms with Gasteiger partial charge in [0.1, 0.15) is 12.4 Å². The topological polar surface area (TPSA) is 75.6 Å². The van der Waals surface area contributed by atoms with Crippen molar-refractivity contribution in [1.29, 1.82) is 0 Å². The van der Waals surface area contributed by atoms with Crippen LogP contribution in [0.3, 0.4) is 0 Å². The van der Waals surface area contributed by atoms with Crippen LogP contribution in [0.2, 0.25) is 0 Å². The molecule has 0 atom stereocenters. The summed E-state index contributed by atoms with van der Waals surface area (Å²) < 4.78 is 5.57. The van der Waals surface area contributed by atoms with Gasteiger partial charge >= 0.3 is 5.97 Å². The Hall–Kier alpha value is -2.82. The van der Waals surface area contributed by atoms with Crippen molar-refractivity contribution in [3.8, 4) is 5.75 Å². The van der Waals surface area contributed by atoms with Crippen molar-refractivity contribution in [3.05, 3.63) is 65.2 Å². The van der Waals surface area contributed by atoms with E-state index in [1.54, 1.807) is 49.5 Å². The third kappa shape index (κ3) is 3.82. The molecule has 0 heterocycles. The molecule has 0 radical (unpaired) electrons. The summed E-state index contributed by atoms with van der Waals surface area (Å²) in [6.45, 7) is 0.264. The number of rotatable bonds is 5. The Labute approximate surface area is 122 Å². The first-order valence-electron chi connectivity index (χ1n) is 6.37. The van der Waals surface area contributed by atoms with Crippen molar-refractivity contribution >= 4 is 11.9 Å². The van der Waals surface area contributed by atoms with E-state index in [-0.39, 0.29) is 18.1 Å². The van der Waals surface area contributed by atoms with Crippen LogP contribution >= 0.6 is 0 Å². The highest BCUT2D eigenvalue weighted by Crippen LogP contribution is 2.15. The molecule has 0 aliphatic carbocycles. The number of hydrogen-bond donors (Lipinski definition) is 2. The highest BCUT2D eigenvalue weighted by molar-refractivity contribution is 5.94. The van der Waals surface area contributed by atoms with E-state index in [1.165, 1.54) is 6.07 Å². The lowest BCUT2D eigenvalue weighted by Gasteiger charge is -2.07. The van der Waals surface area contributed by atoms with Gasteiger partial charge in [-0.3, -0.25) is 4.79 Å². The molecule has 108 valence electrons. The van der Waals surface area contributed by atoms with Crippen LogP contribution in [-0.2, 0) is 6.61 Å². The molecular weight excluding hydrogens is 270 g/mol. The van der Waals surface area contributed by atoms with Crippen LogP contribution < -0.4 is 10.1 Å². The van der Waals surface area contributed by atoms with E-state index in [0.717, 1.165) is 5.56 Å². The van der Waals surface area contributed by atoms with Crippen molar-refractivity contribution in [3.63, 3.8) is 0 Å². The van der Waals surface area contributed by atoms with Crippen LogP contribution in [0.5, 0.6) is 5.75 Å². The molecule has 0 aliphatic rings. The Kier molecular flexibility index (Phi) is 4.56.